The first kappa shape index (κ1) is 31.2. The molecule has 0 bridgehead atoms. The molecule has 0 spiro atoms. The van der Waals surface area contributed by atoms with Crippen LogP contribution in [0.25, 0.3) is 0 Å². The van der Waals surface area contributed by atoms with Crippen LogP contribution in [-0.2, 0) is 28.2 Å². The first-order valence-corrected chi connectivity index (χ1v) is 14.8. The maximum absolute atomic E-state index is 14.2. The summed E-state index contributed by atoms with van der Waals surface area (Å²) in [7, 11) is -5.51. The van der Waals surface area contributed by atoms with Gasteiger partial charge in [0.25, 0.3) is 0 Å². The summed E-state index contributed by atoms with van der Waals surface area (Å²) in [6.07, 6.45) is -0.786. The Bertz CT molecular complexity index is 906. The lowest BCUT2D eigenvalue weighted by Crippen LogP contribution is -2.43. The Morgan fingerprint density at radius 2 is 1.49 bits per heavy atom. The summed E-state index contributed by atoms with van der Waals surface area (Å²) in [5.74, 6) is -0.731. The van der Waals surface area contributed by atoms with Crippen LogP contribution >= 0.6 is 15.5 Å². The molecule has 0 aliphatic rings. The molecule has 198 valence electrons. The van der Waals surface area contributed by atoms with Gasteiger partial charge >= 0.3 is 27.4 Å². The van der Waals surface area contributed by atoms with Crippen LogP contribution in [-0.4, -0.2) is 47.0 Å². The standard InChI is InChI=1S/C24H41N2O7P2/c1-16(2)31-23(28)20(7)26-35(30,33-21-13-11-10-12-14-21)24(8,9)15-18(5)32-22(27)19(6)25-34(29)17(3)4/h10-14,16-20H,15H2,1-9H3,(H,25,29)(H,26,30)/q+1/t18?,19-,20+,35-/m1/s1. The van der Waals surface area contributed by atoms with Gasteiger partial charge in [0.05, 0.1) is 11.3 Å². The fourth-order valence-corrected chi connectivity index (χ4v) is 6.12. The van der Waals surface area contributed by atoms with Gasteiger partial charge in [-0.05, 0) is 74.4 Å². The van der Waals surface area contributed by atoms with E-state index in [0.717, 1.165) is 0 Å². The quantitative estimate of drug-likeness (QED) is 0.240. The predicted molar refractivity (Wildman–Crippen MR) is 138 cm³/mol. The van der Waals surface area contributed by atoms with E-state index in [2.05, 4.69) is 10.2 Å². The van der Waals surface area contributed by atoms with Crippen molar-refractivity contribution >= 4 is 27.4 Å². The van der Waals surface area contributed by atoms with Crippen molar-refractivity contribution in [2.45, 2.75) is 104 Å². The molecule has 35 heavy (non-hydrogen) atoms. The average molecular weight is 532 g/mol. The van der Waals surface area contributed by atoms with Crippen LogP contribution in [0.2, 0.25) is 0 Å². The van der Waals surface area contributed by atoms with Crippen LogP contribution in [0.5, 0.6) is 5.75 Å². The number of benzene rings is 1. The first-order valence-electron chi connectivity index (χ1n) is 11.8. The molecule has 0 aliphatic carbocycles. The van der Waals surface area contributed by atoms with Crippen molar-refractivity contribution in [2.75, 3.05) is 0 Å². The highest BCUT2D eigenvalue weighted by Gasteiger charge is 2.47. The predicted octanol–water partition coefficient (Wildman–Crippen LogP) is 5.42. The molecular formula is C24H41N2O7P2+. The molecular weight excluding hydrogens is 490 g/mol. The van der Waals surface area contributed by atoms with Crippen molar-refractivity contribution in [3.05, 3.63) is 30.3 Å². The van der Waals surface area contributed by atoms with Crippen LogP contribution in [0.3, 0.4) is 0 Å². The Labute approximate surface area is 210 Å². The molecule has 1 aromatic carbocycles. The number of nitrogens with one attached hydrogen (secondary N) is 2. The highest BCUT2D eigenvalue weighted by molar-refractivity contribution is 7.59. The number of hydrogen-bond donors (Lipinski definition) is 2. The monoisotopic (exact) mass is 531 g/mol. The largest absolute Gasteiger partial charge is 0.462 e. The lowest BCUT2D eigenvalue weighted by Gasteiger charge is -2.37. The van der Waals surface area contributed by atoms with Crippen LogP contribution in [0.1, 0.15) is 68.7 Å². The molecule has 5 atom stereocenters. The first-order chi connectivity index (χ1) is 16.1. The Balaban J connectivity index is 3.05. The summed E-state index contributed by atoms with van der Waals surface area (Å²) in [6.45, 7) is 15.4. The maximum Gasteiger partial charge on any atom is 0.435 e. The number of carbonyl (C=O) groups is 2. The van der Waals surface area contributed by atoms with Crippen LogP contribution < -0.4 is 14.7 Å². The van der Waals surface area contributed by atoms with Crippen molar-refractivity contribution in [3.63, 3.8) is 0 Å². The van der Waals surface area contributed by atoms with E-state index in [0.29, 0.717) is 5.75 Å². The van der Waals surface area contributed by atoms with Gasteiger partial charge in [-0.1, -0.05) is 27.9 Å². The molecule has 11 heteroatoms. The summed E-state index contributed by atoms with van der Waals surface area (Å²) in [5.41, 5.74) is -0.118. The molecule has 2 unspecified atom stereocenters. The molecule has 1 rings (SSSR count). The van der Waals surface area contributed by atoms with Gasteiger partial charge in [0.1, 0.15) is 23.9 Å². The third-order valence-corrected chi connectivity index (χ3v) is 9.64. The maximum atomic E-state index is 14.2. The van der Waals surface area contributed by atoms with E-state index in [1.54, 1.807) is 86.6 Å². The Morgan fingerprint density at radius 3 is 2.00 bits per heavy atom. The van der Waals surface area contributed by atoms with Gasteiger partial charge < -0.3 is 14.0 Å². The van der Waals surface area contributed by atoms with Crippen LogP contribution in [0.4, 0.5) is 0 Å². The van der Waals surface area contributed by atoms with Crippen molar-refractivity contribution in [2.24, 2.45) is 0 Å². The van der Waals surface area contributed by atoms with E-state index in [-0.39, 0.29) is 18.2 Å². The number of ether oxygens (including phenoxy) is 2. The van der Waals surface area contributed by atoms with E-state index in [9.17, 15) is 18.7 Å². The molecule has 0 saturated heterocycles. The van der Waals surface area contributed by atoms with Crippen molar-refractivity contribution < 1.29 is 32.7 Å². The minimum atomic E-state index is -3.76. The zero-order chi connectivity index (χ0) is 27.0. The van der Waals surface area contributed by atoms with E-state index >= 15 is 0 Å². The SMILES string of the molecule is CC(C)OC(=O)[C@H](C)N[P@](=O)(Oc1ccccc1)C(C)(C)CC(C)OC(=O)[C@@H](C)N[P+](=O)C(C)C. The molecule has 0 aliphatic heterocycles. The Hall–Kier alpha value is -1.79. The fraction of sp³-hybridized carbons (Fsp3) is 0.667. The summed E-state index contributed by atoms with van der Waals surface area (Å²) >= 11 is 0. The van der Waals surface area contributed by atoms with Crippen LogP contribution in [0, 0.1) is 0 Å². The van der Waals surface area contributed by atoms with Gasteiger partial charge in [0.15, 0.2) is 5.66 Å². The van der Waals surface area contributed by atoms with Gasteiger partial charge in [0, 0.05) is 6.42 Å². The zero-order valence-corrected chi connectivity index (χ0v) is 24.0. The molecule has 1 aromatic rings. The van der Waals surface area contributed by atoms with Gasteiger partial charge in [-0.2, -0.15) is 0 Å². The number of rotatable bonds is 14. The smallest absolute Gasteiger partial charge is 0.435 e. The third kappa shape index (κ3) is 10.0. The number of hydrogen-bond acceptors (Lipinski definition) is 7. The van der Waals surface area contributed by atoms with Gasteiger partial charge in [-0.25, -0.2) is 5.09 Å². The molecule has 0 heterocycles. The molecule has 0 aromatic heterocycles. The summed E-state index contributed by atoms with van der Waals surface area (Å²) in [5, 5.41) is 4.58. The molecule has 0 saturated carbocycles. The third-order valence-electron chi connectivity index (χ3n) is 5.09. The minimum Gasteiger partial charge on any atom is -0.462 e. The van der Waals surface area contributed by atoms with Crippen LogP contribution in [0.15, 0.2) is 30.3 Å². The van der Waals surface area contributed by atoms with E-state index in [1.165, 1.54) is 0 Å². The van der Waals surface area contributed by atoms with Gasteiger partial charge in [-0.3, -0.25) is 14.2 Å². The number of para-hydroxylation sites is 1. The fourth-order valence-electron chi connectivity index (χ4n) is 3.15. The highest BCUT2D eigenvalue weighted by atomic mass is 31.2. The zero-order valence-electron chi connectivity index (χ0n) is 22.2. The topological polar surface area (TPSA) is 120 Å². The van der Waals surface area contributed by atoms with Crippen molar-refractivity contribution in [3.8, 4) is 5.75 Å². The number of esters is 2. The average Bonchev–Trinajstić information content (AvgIpc) is 2.72. The Morgan fingerprint density at radius 1 is 0.943 bits per heavy atom. The minimum absolute atomic E-state index is 0.118. The Kier molecular flexibility index (Phi) is 12.0. The lowest BCUT2D eigenvalue weighted by molar-refractivity contribution is -0.150. The second-order valence-corrected chi connectivity index (χ2v) is 14.5. The molecule has 0 fully saturated rings. The summed E-state index contributed by atoms with van der Waals surface area (Å²) < 4.78 is 43.1. The second kappa shape index (κ2) is 13.5. The highest BCUT2D eigenvalue weighted by Crippen LogP contribution is 2.57. The number of carbonyl (C=O) groups excluding carboxylic acids is 2. The second-order valence-electron chi connectivity index (χ2n) is 9.83. The van der Waals surface area contributed by atoms with Gasteiger partial charge in [0.2, 0.25) is 0 Å². The molecule has 0 amide bonds. The molecule has 2 N–H and O–H groups in total. The summed E-state index contributed by atoms with van der Waals surface area (Å²) in [4.78, 5) is 24.9. The molecule has 9 nitrogen and oxygen atoms in total. The summed E-state index contributed by atoms with van der Waals surface area (Å²) in [6, 6.07) is 7.00. The molecule has 0 radical (unpaired) electrons. The normalized spacial score (nSPS) is 16.7. The van der Waals surface area contributed by atoms with E-state index in [4.69, 9.17) is 14.0 Å². The van der Waals surface area contributed by atoms with Gasteiger partial charge in [-0.15, -0.1) is 0 Å². The van der Waals surface area contributed by atoms with E-state index < -0.39 is 50.8 Å². The lowest BCUT2D eigenvalue weighted by atomic mass is 10.1. The van der Waals surface area contributed by atoms with E-state index in [1.807, 2.05) is 6.07 Å². The van der Waals surface area contributed by atoms with Crippen molar-refractivity contribution in [1.29, 1.82) is 0 Å². The van der Waals surface area contributed by atoms with Crippen molar-refractivity contribution in [1.82, 2.24) is 10.2 Å².